The largest absolute Gasteiger partial charge is 0.463 e. The van der Waals surface area contributed by atoms with Gasteiger partial charge in [0.25, 0.3) is 0 Å². The molecule has 0 bridgehead atoms. The lowest BCUT2D eigenvalue weighted by Gasteiger charge is -2.46. The number of aliphatic hydroxyl groups is 2. The van der Waals surface area contributed by atoms with Gasteiger partial charge in [-0.3, -0.25) is 28.8 Å². The van der Waals surface area contributed by atoms with E-state index in [-0.39, 0.29) is 74.0 Å². The van der Waals surface area contributed by atoms with Crippen molar-refractivity contribution in [2.24, 2.45) is 35.5 Å². The molecule has 0 radical (unpaired) electrons. The minimum atomic E-state index is -2.47. The Balaban J connectivity index is 2.90. The van der Waals surface area contributed by atoms with Crippen molar-refractivity contribution in [3.05, 3.63) is 0 Å². The first-order valence-corrected chi connectivity index (χ1v) is 20.9. The number of carbonyl (C=O) groups is 6. The topological polar surface area (TPSA) is 226 Å². The summed E-state index contributed by atoms with van der Waals surface area (Å²) in [5, 5.41) is 21.8. The third-order valence-electron chi connectivity index (χ3n) is 8.92. The summed E-state index contributed by atoms with van der Waals surface area (Å²) in [4.78, 5) is 79.5. The van der Waals surface area contributed by atoms with Gasteiger partial charge in [0.2, 0.25) is 12.1 Å². The van der Waals surface area contributed by atoms with Gasteiger partial charge in [0, 0.05) is 38.5 Å². The summed E-state index contributed by atoms with van der Waals surface area (Å²) in [6, 6.07) is 0. The normalized spacial score (nSPS) is 27.1. The number of rotatable bonds is 23. The Morgan fingerprint density at radius 2 is 0.915 bits per heavy atom. The lowest BCUT2D eigenvalue weighted by molar-refractivity contribution is -0.384. The van der Waals surface area contributed by atoms with Gasteiger partial charge in [-0.2, -0.15) is 0 Å². The van der Waals surface area contributed by atoms with Crippen LogP contribution in [0.3, 0.4) is 0 Å². The van der Waals surface area contributed by atoms with Crippen LogP contribution in [-0.4, -0.2) is 121 Å². The van der Waals surface area contributed by atoms with Crippen molar-refractivity contribution in [2.75, 3.05) is 19.8 Å². The second-order valence-corrected chi connectivity index (χ2v) is 18.0. The smallest absolute Gasteiger partial charge is 0.306 e. The average molecular weight is 847 g/mol. The van der Waals surface area contributed by atoms with Crippen molar-refractivity contribution >= 4 is 35.8 Å². The fraction of sp³-hybridized carbons (Fsp3) is 0.857. The highest BCUT2D eigenvalue weighted by atomic mass is 16.8. The molecule has 0 aromatic carbocycles. The van der Waals surface area contributed by atoms with Crippen LogP contribution in [0.15, 0.2) is 0 Å². The van der Waals surface area contributed by atoms with Gasteiger partial charge in [-0.25, -0.2) is 0 Å². The quantitative estimate of drug-likeness (QED) is 0.109. The van der Waals surface area contributed by atoms with Crippen LogP contribution in [0, 0.1) is 35.5 Å². The van der Waals surface area contributed by atoms with E-state index in [4.69, 9.17) is 42.6 Å². The summed E-state index contributed by atoms with van der Waals surface area (Å²) in [6.45, 7) is 19.2. The minimum Gasteiger partial charge on any atom is -0.463 e. The van der Waals surface area contributed by atoms with Gasteiger partial charge in [-0.15, -0.1) is 0 Å². The third kappa shape index (κ3) is 17.3. The third-order valence-corrected chi connectivity index (χ3v) is 8.92. The molecule has 9 unspecified atom stereocenters. The molecule has 59 heavy (non-hydrogen) atoms. The Bertz CT molecular complexity index is 1380. The van der Waals surface area contributed by atoms with Crippen LogP contribution in [0.2, 0.25) is 0 Å². The molecule has 0 aliphatic carbocycles. The Hall–Kier alpha value is -3.38. The van der Waals surface area contributed by atoms with Gasteiger partial charge < -0.3 is 52.8 Å². The summed E-state index contributed by atoms with van der Waals surface area (Å²) in [5.41, 5.74) is 0. The van der Waals surface area contributed by atoms with Crippen molar-refractivity contribution in [1.82, 2.24) is 0 Å². The van der Waals surface area contributed by atoms with Crippen molar-refractivity contribution in [3.8, 4) is 0 Å². The van der Waals surface area contributed by atoms with Gasteiger partial charge >= 0.3 is 35.8 Å². The van der Waals surface area contributed by atoms with Crippen molar-refractivity contribution in [2.45, 2.75) is 176 Å². The maximum absolute atomic E-state index is 13.6. The van der Waals surface area contributed by atoms with Gasteiger partial charge in [-0.1, -0.05) is 83.1 Å². The molecule has 17 heteroatoms. The van der Waals surface area contributed by atoms with E-state index in [0.717, 1.165) is 0 Å². The molecule has 340 valence electrons. The number of ether oxygens (including phenoxy) is 9. The highest BCUT2D eigenvalue weighted by Gasteiger charge is 2.65. The Labute approximate surface area is 348 Å². The highest BCUT2D eigenvalue weighted by Crippen LogP contribution is 2.42. The highest BCUT2D eigenvalue weighted by molar-refractivity contribution is 5.72. The van der Waals surface area contributed by atoms with E-state index >= 15 is 0 Å². The number of hydrogen-bond donors (Lipinski definition) is 2. The van der Waals surface area contributed by atoms with Crippen LogP contribution in [0.4, 0.5) is 0 Å². The molecule has 0 aromatic rings. The fourth-order valence-corrected chi connectivity index (χ4v) is 6.36. The second kappa shape index (κ2) is 24.2. The first-order chi connectivity index (χ1) is 27.5. The van der Waals surface area contributed by atoms with E-state index in [1.807, 2.05) is 13.8 Å². The summed E-state index contributed by atoms with van der Waals surface area (Å²) < 4.78 is 54.0. The van der Waals surface area contributed by atoms with Crippen LogP contribution in [-0.2, 0) is 71.4 Å². The summed E-state index contributed by atoms with van der Waals surface area (Å²) in [7, 11) is 0. The van der Waals surface area contributed by atoms with Crippen LogP contribution in [0.25, 0.3) is 0 Å². The van der Waals surface area contributed by atoms with E-state index in [1.165, 1.54) is 0 Å². The van der Waals surface area contributed by atoms with Crippen molar-refractivity contribution in [3.63, 3.8) is 0 Å². The van der Waals surface area contributed by atoms with E-state index in [9.17, 15) is 39.0 Å². The predicted molar refractivity (Wildman–Crippen MR) is 209 cm³/mol. The lowest BCUT2D eigenvalue weighted by atomic mass is 9.97. The van der Waals surface area contributed by atoms with Crippen LogP contribution < -0.4 is 0 Å². The monoisotopic (exact) mass is 846 g/mol. The summed E-state index contributed by atoms with van der Waals surface area (Å²) >= 11 is 0. The van der Waals surface area contributed by atoms with Crippen LogP contribution in [0.5, 0.6) is 0 Å². The molecule has 2 fully saturated rings. The molecular formula is C42H70O17. The van der Waals surface area contributed by atoms with Gasteiger partial charge in [0.1, 0.15) is 31.5 Å². The lowest BCUT2D eigenvalue weighted by Crippen LogP contribution is -2.65. The van der Waals surface area contributed by atoms with Crippen molar-refractivity contribution in [1.29, 1.82) is 0 Å². The molecule has 2 aliphatic rings. The number of carbonyl (C=O) groups excluding carboxylic acids is 6. The SMILES string of the molecule is CC(C)CC(=O)OCC1OC(COC(=O)CC(C)C)(OC2OC(CO)C(O)C(OC(=O)CC(C)C)C2OC(=O)CC(C)C)C(OC(=O)CC(C)C)C1OC(=O)CC(C)C. The minimum absolute atomic E-state index is 0.0346. The second-order valence-electron chi connectivity index (χ2n) is 18.0. The maximum Gasteiger partial charge on any atom is 0.306 e. The van der Waals surface area contributed by atoms with Crippen molar-refractivity contribution < 1.29 is 81.6 Å². The zero-order valence-corrected chi connectivity index (χ0v) is 37.0. The van der Waals surface area contributed by atoms with Crippen LogP contribution in [0.1, 0.15) is 122 Å². The first kappa shape index (κ1) is 51.8. The molecule has 2 rings (SSSR count). The number of esters is 6. The van der Waals surface area contributed by atoms with Crippen LogP contribution >= 0.6 is 0 Å². The summed E-state index contributed by atoms with van der Waals surface area (Å²) in [6.07, 6.45) is -13.7. The Morgan fingerprint density at radius 3 is 1.36 bits per heavy atom. The summed E-state index contributed by atoms with van der Waals surface area (Å²) in [5.74, 6) is -7.82. The Morgan fingerprint density at radius 1 is 0.525 bits per heavy atom. The zero-order valence-electron chi connectivity index (χ0n) is 37.0. The van der Waals surface area contributed by atoms with Gasteiger partial charge in [-0.05, 0) is 35.5 Å². The number of hydrogen-bond acceptors (Lipinski definition) is 17. The zero-order chi connectivity index (χ0) is 44.8. The molecule has 9 atom stereocenters. The van der Waals surface area contributed by atoms with E-state index in [1.54, 1.807) is 69.2 Å². The maximum atomic E-state index is 13.6. The standard InChI is InChI=1S/C42H70O17/c1-22(2)13-30(44)51-20-29-37(54-32(46)15-24(5)6)40(57-35(49)18-27(11)12)42(58-29,21-52-31(45)14-23(3)4)59-41-39(56-34(48)17-26(9)10)38(36(50)28(19-43)53-41)55-33(47)16-25(7)8/h22-29,36-41,43,50H,13-21H2,1-12H3. The molecule has 2 heterocycles. The molecule has 2 saturated heterocycles. The molecule has 0 aromatic heterocycles. The molecule has 2 N–H and O–H groups in total. The predicted octanol–water partition coefficient (Wildman–Crippen LogP) is 4.19. The van der Waals surface area contributed by atoms with Gasteiger partial charge in [0.05, 0.1) is 6.61 Å². The molecule has 0 amide bonds. The first-order valence-electron chi connectivity index (χ1n) is 20.9. The Kier molecular flexibility index (Phi) is 21.2. The molecule has 0 saturated carbocycles. The fourth-order valence-electron chi connectivity index (χ4n) is 6.36. The van der Waals surface area contributed by atoms with Gasteiger partial charge in [0.15, 0.2) is 24.4 Å². The molecule has 0 spiro atoms. The molecule has 2 aliphatic heterocycles. The molecule has 17 nitrogen and oxygen atoms in total. The van der Waals surface area contributed by atoms with E-state index in [2.05, 4.69) is 0 Å². The van der Waals surface area contributed by atoms with E-state index in [0.29, 0.717) is 0 Å². The molecular weight excluding hydrogens is 776 g/mol. The van der Waals surface area contributed by atoms with E-state index < -0.39 is 110 Å². The average Bonchev–Trinajstić information content (AvgIpc) is 3.34. The number of aliphatic hydroxyl groups excluding tert-OH is 2.